The Bertz CT molecular complexity index is 777. The molecule has 0 aliphatic carbocycles. The first-order valence-corrected chi connectivity index (χ1v) is 7.29. The lowest BCUT2D eigenvalue weighted by Gasteiger charge is -2.34. The van der Waals surface area contributed by atoms with Gasteiger partial charge in [-0.25, -0.2) is 0 Å². The average molecular weight is 275 g/mol. The Balaban J connectivity index is 1.92. The molecule has 4 rings (SSSR count). The zero-order valence-electron chi connectivity index (χ0n) is 12.1. The first-order valence-electron chi connectivity index (χ1n) is 7.29. The van der Waals surface area contributed by atoms with Crippen LogP contribution in [0, 0.1) is 0 Å². The first-order chi connectivity index (χ1) is 10.1. The molecular weight excluding hydrogens is 258 g/mol. The minimum atomic E-state index is -0.288. The van der Waals surface area contributed by atoms with Crippen LogP contribution in [0.1, 0.15) is 40.4 Å². The van der Waals surface area contributed by atoms with E-state index < -0.39 is 0 Å². The van der Waals surface area contributed by atoms with Gasteiger partial charge in [0.25, 0.3) is 5.91 Å². The van der Waals surface area contributed by atoms with Crippen LogP contribution in [0.2, 0.25) is 0 Å². The Labute approximate surface area is 124 Å². The molecule has 104 valence electrons. The van der Waals surface area contributed by atoms with E-state index in [1.165, 1.54) is 11.1 Å². The molecule has 2 nitrogen and oxygen atoms in total. The van der Waals surface area contributed by atoms with Gasteiger partial charge in [0.1, 0.15) is 0 Å². The molecule has 21 heavy (non-hydrogen) atoms. The van der Waals surface area contributed by atoms with Crippen LogP contribution in [0.5, 0.6) is 0 Å². The van der Waals surface area contributed by atoms with E-state index in [9.17, 15) is 4.79 Å². The van der Waals surface area contributed by atoms with Crippen molar-refractivity contribution in [3.8, 4) is 0 Å². The van der Waals surface area contributed by atoms with Crippen LogP contribution in [0.25, 0.3) is 5.57 Å². The quantitative estimate of drug-likeness (QED) is 0.712. The third kappa shape index (κ3) is 1.56. The zero-order valence-corrected chi connectivity index (χ0v) is 12.1. The van der Waals surface area contributed by atoms with Gasteiger partial charge in [-0.05, 0) is 41.7 Å². The zero-order chi connectivity index (χ0) is 14.6. The Morgan fingerprint density at radius 3 is 2.52 bits per heavy atom. The monoisotopic (exact) mass is 275 g/mol. The fourth-order valence-corrected chi connectivity index (χ4v) is 3.78. The summed E-state index contributed by atoms with van der Waals surface area (Å²) in [6, 6.07) is 16.3. The number of carbonyl (C=O) groups excluding carboxylic acids is 1. The van der Waals surface area contributed by atoms with Crippen molar-refractivity contribution in [2.45, 2.75) is 25.4 Å². The van der Waals surface area contributed by atoms with Gasteiger partial charge in [-0.2, -0.15) is 0 Å². The van der Waals surface area contributed by atoms with Gasteiger partial charge in [-0.15, -0.1) is 0 Å². The van der Waals surface area contributed by atoms with Crippen molar-refractivity contribution in [1.82, 2.24) is 4.90 Å². The van der Waals surface area contributed by atoms with Crippen molar-refractivity contribution >= 4 is 11.5 Å². The molecule has 2 aliphatic rings. The fourth-order valence-electron chi connectivity index (χ4n) is 3.78. The van der Waals surface area contributed by atoms with Crippen molar-refractivity contribution in [1.29, 1.82) is 0 Å². The fraction of sp³-hybridized carbons (Fsp3) is 0.211. The number of rotatable bonds is 0. The molecule has 0 fully saturated rings. The smallest absolute Gasteiger partial charge is 0.255 e. The number of fused-ring (bicyclic) bond motifs is 4. The largest absolute Gasteiger partial charge is 0.324 e. The summed E-state index contributed by atoms with van der Waals surface area (Å²) >= 11 is 0. The Morgan fingerprint density at radius 2 is 1.71 bits per heavy atom. The van der Waals surface area contributed by atoms with Gasteiger partial charge in [0.2, 0.25) is 0 Å². The van der Waals surface area contributed by atoms with E-state index in [2.05, 4.69) is 31.7 Å². The second-order valence-corrected chi connectivity index (χ2v) is 6.15. The summed E-state index contributed by atoms with van der Waals surface area (Å²) < 4.78 is 0. The maximum Gasteiger partial charge on any atom is 0.255 e. The molecule has 1 atom stereocenters. The number of nitrogens with zero attached hydrogens (tertiary/aromatic N) is 1. The molecule has 2 heteroatoms. The van der Waals surface area contributed by atoms with Crippen molar-refractivity contribution < 1.29 is 4.79 Å². The van der Waals surface area contributed by atoms with Crippen LogP contribution in [-0.4, -0.2) is 10.8 Å². The molecule has 1 unspecified atom stereocenters. The van der Waals surface area contributed by atoms with E-state index in [-0.39, 0.29) is 11.4 Å². The summed E-state index contributed by atoms with van der Waals surface area (Å²) in [5.74, 6) is 0.137. The second-order valence-electron chi connectivity index (χ2n) is 6.15. The predicted octanol–water partition coefficient (Wildman–Crippen LogP) is 3.97. The van der Waals surface area contributed by atoms with Gasteiger partial charge in [-0.3, -0.25) is 4.79 Å². The minimum Gasteiger partial charge on any atom is -0.324 e. The van der Waals surface area contributed by atoms with Crippen molar-refractivity contribution in [3.63, 3.8) is 0 Å². The lowest BCUT2D eigenvalue weighted by molar-refractivity contribution is 0.0576. The molecule has 0 aromatic heterocycles. The van der Waals surface area contributed by atoms with Crippen LogP contribution in [0.4, 0.5) is 0 Å². The number of benzene rings is 2. The third-order valence-electron chi connectivity index (χ3n) is 4.86. The molecule has 1 amide bonds. The van der Waals surface area contributed by atoms with Crippen LogP contribution in [-0.2, 0) is 12.1 Å². The van der Waals surface area contributed by atoms with Crippen molar-refractivity contribution in [3.05, 3.63) is 77.4 Å². The van der Waals surface area contributed by atoms with Crippen LogP contribution < -0.4 is 0 Å². The molecule has 0 bridgehead atoms. The molecule has 2 aromatic carbocycles. The summed E-state index contributed by atoms with van der Waals surface area (Å²) in [7, 11) is 0. The Kier molecular flexibility index (Phi) is 2.41. The topological polar surface area (TPSA) is 20.3 Å². The SMILES string of the molecule is C=C1CC2(C)c3ccccc3C(=O)N2Cc2ccccc21. The molecule has 0 radical (unpaired) electrons. The second kappa shape index (κ2) is 4.08. The highest BCUT2D eigenvalue weighted by Gasteiger charge is 2.47. The van der Waals surface area contributed by atoms with E-state index in [0.717, 1.165) is 23.1 Å². The van der Waals surface area contributed by atoms with Gasteiger partial charge >= 0.3 is 0 Å². The lowest BCUT2D eigenvalue weighted by Crippen LogP contribution is -2.39. The molecule has 2 heterocycles. The first kappa shape index (κ1) is 12.4. The summed E-state index contributed by atoms with van der Waals surface area (Å²) in [5.41, 5.74) is 5.17. The highest BCUT2D eigenvalue weighted by Crippen LogP contribution is 2.47. The Hall–Kier alpha value is -2.35. The van der Waals surface area contributed by atoms with Gasteiger partial charge in [0, 0.05) is 12.1 Å². The number of hydrogen-bond donors (Lipinski definition) is 0. The van der Waals surface area contributed by atoms with Crippen LogP contribution >= 0.6 is 0 Å². The van der Waals surface area contributed by atoms with Gasteiger partial charge in [0.15, 0.2) is 0 Å². The van der Waals surface area contributed by atoms with Crippen molar-refractivity contribution in [2.24, 2.45) is 0 Å². The summed E-state index contributed by atoms with van der Waals surface area (Å²) in [6.45, 7) is 7.09. The maximum atomic E-state index is 12.8. The summed E-state index contributed by atoms with van der Waals surface area (Å²) in [6.07, 6.45) is 0.784. The van der Waals surface area contributed by atoms with E-state index >= 15 is 0 Å². The molecule has 0 N–H and O–H groups in total. The lowest BCUT2D eigenvalue weighted by atomic mass is 9.85. The minimum absolute atomic E-state index is 0.137. The van der Waals surface area contributed by atoms with Crippen molar-refractivity contribution in [2.75, 3.05) is 0 Å². The Morgan fingerprint density at radius 1 is 1.05 bits per heavy atom. The number of hydrogen-bond acceptors (Lipinski definition) is 1. The molecule has 0 saturated carbocycles. The summed E-state index contributed by atoms with van der Waals surface area (Å²) in [5, 5.41) is 0. The van der Waals surface area contributed by atoms with E-state index in [4.69, 9.17) is 0 Å². The molecule has 0 spiro atoms. The van der Waals surface area contributed by atoms with Gasteiger partial charge in [-0.1, -0.05) is 49.0 Å². The van der Waals surface area contributed by atoms with Crippen LogP contribution in [0.3, 0.4) is 0 Å². The van der Waals surface area contributed by atoms with E-state index in [0.29, 0.717) is 6.54 Å². The molecular formula is C19H17NO. The van der Waals surface area contributed by atoms with E-state index in [1.54, 1.807) is 0 Å². The predicted molar refractivity (Wildman–Crippen MR) is 83.8 cm³/mol. The van der Waals surface area contributed by atoms with E-state index in [1.807, 2.05) is 35.2 Å². The van der Waals surface area contributed by atoms with Crippen LogP contribution in [0.15, 0.2) is 55.1 Å². The van der Waals surface area contributed by atoms with Gasteiger partial charge < -0.3 is 4.90 Å². The average Bonchev–Trinajstić information content (AvgIpc) is 2.63. The third-order valence-corrected chi connectivity index (χ3v) is 4.86. The molecule has 2 aliphatic heterocycles. The normalized spacial score (nSPS) is 23.4. The molecule has 0 saturated heterocycles. The maximum absolute atomic E-state index is 12.8. The van der Waals surface area contributed by atoms with Gasteiger partial charge in [0.05, 0.1) is 5.54 Å². The highest BCUT2D eigenvalue weighted by molar-refractivity contribution is 6.00. The number of carbonyl (C=O) groups is 1. The number of amides is 1. The summed E-state index contributed by atoms with van der Waals surface area (Å²) in [4.78, 5) is 14.8. The molecule has 2 aromatic rings. The highest BCUT2D eigenvalue weighted by atomic mass is 16.2. The standard InChI is InChI=1S/C19H17NO/c1-13-11-19(2)17-10-6-5-9-16(17)18(21)20(19)12-14-7-3-4-8-15(13)14/h3-10H,1,11-12H2,2H3.